The van der Waals surface area contributed by atoms with E-state index in [1.807, 2.05) is 56.3 Å². The van der Waals surface area contributed by atoms with Gasteiger partial charge in [0.25, 0.3) is 0 Å². The Morgan fingerprint density at radius 3 is 2.55 bits per heavy atom. The minimum atomic E-state index is -0.783. The molecule has 3 rings (SSSR count). The Bertz CT molecular complexity index is 818. The van der Waals surface area contributed by atoms with E-state index in [9.17, 15) is 9.90 Å². The van der Waals surface area contributed by atoms with Gasteiger partial charge >= 0.3 is 5.97 Å². The van der Waals surface area contributed by atoms with Gasteiger partial charge < -0.3 is 10.1 Å². The number of hydrogen-bond acceptors (Lipinski definition) is 1. The van der Waals surface area contributed by atoms with Gasteiger partial charge in [-0.15, -0.1) is 0 Å². The molecule has 0 bridgehead atoms. The maximum absolute atomic E-state index is 11.9. The largest absolute Gasteiger partial charge is 0.481 e. The number of aliphatic carboxylic acids is 1. The zero-order chi connectivity index (χ0) is 15.7. The van der Waals surface area contributed by atoms with Crippen LogP contribution in [0.2, 0.25) is 0 Å². The van der Waals surface area contributed by atoms with Crippen molar-refractivity contribution in [1.29, 1.82) is 0 Å². The molecule has 0 spiro atoms. The van der Waals surface area contributed by atoms with Crippen LogP contribution in [0, 0.1) is 13.8 Å². The van der Waals surface area contributed by atoms with Crippen molar-refractivity contribution in [3.05, 3.63) is 70.9 Å². The molecule has 0 aliphatic carbocycles. The number of rotatable bonds is 4. The lowest BCUT2D eigenvalue weighted by Gasteiger charge is -2.13. The van der Waals surface area contributed by atoms with Gasteiger partial charge in [0, 0.05) is 16.6 Å². The molecule has 1 heterocycles. The number of hydrogen-bond donors (Lipinski definition) is 2. The lowest BCUT2D eigenvalue weighted by Crippen LogP contribution is -2.15. The second kappa shape index (κ2) is 5.68. The molecule has 0 radical (unpaired) electrons. The molecule has 0 amide bonds. The Balaban J connectivity index is 2.11. The number of aromatic amines is 1. The average molecular weight is 293 g/mol. The number of nitrogens with one attached hydrogen (secondary N) is 1. The molecule has 2 N–H and O–H groups in total. The van der Waals surface area contributed by atoms with Crippen molar-refractivity contribution in [2.45, 2.75) is 26.2 Å². The first-order chi connectivity index (χ1) is 10.6. The van der Waals surface area contributed by atoms with E-state index in [1.54, 1.807) is 0 Å². The van der Waals surface area contributed by atoms with Crippen molar-refractivity contribution >= 4 is 16.9 Å². The van der Waals surface area contributed by atoms with E-state index >= 15 is 0 Å². The standard InChI is InChI=1S/C19H19NO2/c1-12-8-9-17-15(10-12)18(13(2)20-17)16(19(21)22)11-14-6-4-3-5-7-14/h3-10,16,20H,11H2,1-2H3,(H,21,22). The molecular formula is C19H19NO2. The summed E-state index contributed by atoms with van der Waals surface area (Å²) >= 11 is 0. The number of carboxylic acid groups (broad SMARTS) is 1. The Labute approximate surface area is 129 Å². The number of carbonyl (C=O) groups is 1. The molecule has 112 valence electrons. The average Bonchev–Trinajstić information content (AvgIpc) is 2.81. The molecule has 0 saturated heterocycles. The minimum Gasteiger partial charge on any atom is -0.481 e. The monoisotopic (exact) mass is 293 g/mol. The highest BCUT2D eigenvalue weighted by molar-refractivity contribution is 5.91. The summed E-state index contributed by atoms with van der Waals surface area (Å²) < 4.78 is 0. The van der Waals surface area contributed by atoms with Gasteiger partial charge in [0.2, 0.25) is 0 Å². The number of aromatic nitrogens is 1. The fourth-order valence-electron chi connectivity index (χ4n) is 3.07. The lowest BCUT2D eigenvalue weighted by atomic mass is 9.89. The van der Waals surface area contributed by atoms with Crippen molar-refractivity contribution in [3.63, 3.8) is 0 Å². The van der Waals surface area contributed by atoms with Crippen LogP contribution in [0.15, 0.2) is 48.5 Å². The molecule has 1 aromatic heterocycles. The third kappa shape index (κ3) is 2.62. The minimum absolute atomic E-state index is 0.498. The molecular weight excluding hydrogens is 274 g/mol. The van der Waals surface area contributed by atoms with Crippen LogP contribution in [0.3, 0.4) is 0 Å². The van der Waals surface area contributed by atoms with Crippen LogP contribution in [0.4, 0.5) is 0 Å². The zero-order valence-electron chi connectivity index (χ0n) is 12.8. The Hall–Kier alpha value is -2.55. The smallest absolute Gasteiger partial charge is 0.311 e. The summed E-state index contributed by atoms with van der Waals surface area (Å²) in [4.78, 5) is 15.2. The number of aryl methyl sites for hydroxylation is 2. The summed E-state index contributed by atoms with van der Waals surface area (Å²) in [7, 11) is 0. The molecule has 22 heavy (non-hydrogen) atoms. The number of fused-ring (bicyclic) bond motifs is 1. The first-order valence-corrected chi connectivity index (χ1v) is 7.42. The normalized spacial score (nSPS) is 12.5. The molecule has 1 unspecified atom stereocenters. The third-order valence-electron chi connectivity index (χ3n) is 4.12. The fraction of sp³-hybridized carbons (Fsp3) is 0.211. The van der Waals surface area contributed by atoms with E-state index in [0.29, 0.717) is 6.42 Å². The summed E-state index contributed by atoms with van der Waals surface area (Å²) in [5, 5.41) is 10.8. The highest BCUT2D eigenvalue weighted by Crippen LogP contribution is 2.32. The van der Waals surface area contributed by atoms with E-state index in [0.717, 1.165) is 33.3 Å². The summed E-state index contributed by atoms with van der Waals surface area (Å²) in [6.45, 7) is 3.98. The van der Waals surface area contributed by atoms with E-state index in [4.69, 9.17) is 0 Å². The maximum atomic E-state index is 11.9. The Morgan fingerprint density at radius 2 is 1.86 bits per heavy atom. The predicted octanol–water partition coefficient (Wildman–Crippen LogP) is 4.20. The van der Waals surface area contributed by atoms with Gasteiger partial charge in [-0.25, -0.2) is 0 Å². The topological polar surface area (TPSA) is 53.1 Å². The van der Waals surface area contributed by atoms with Gasteiger partial charge in [-0.1, -0.05) is 42.0 Å². The summed E-state index contributed by atoms with van der Waals surface area (Å²) in [5.41, 5.74) is 5.00. The Morgan fingerprint density at radius 1 is 1.14 bits per heavy atom. The zero-order valence-corrected chi connectivity index (χ0v) is 12.8. The first kappa shape index (κ1) is 14.4. The van der Waals surface area contributed by atoms with Crippen LogP contribution in [0.25, 0.3) is 10.9 Å². The molecule has 0 saturated carbocycles. The molecule has 0 fully saturated rings. The molecule has 3 heteroatoms. The molecule has 1 atom stereocenters. The quantitative estimate of drug-likeness (QED) is 0.757. The van der Waals surface area contributed by atoms with Gasteiger partial charge in [-0.05, 0) is 43.5 Å². The third-order valence-corrected chi connectivity index (χ3v) is 4.12. The SMILES string of the molecule is Cc1ccc2[nH]c(C)c(C(Cc3ccccc3)C(=O)O)c2c1. The van der Waals surface area contributed by atoms with E-state index < -0.39 is 11.9 Å². The number of H-pyrrole nitrogens is 1. The number of carboxylic acids is 1. The predicted molar refractivity (Wildman–Crippen MR) is 88.3 cm³/mol. The van der Waals surface area contributed by atoms with E-state index in [2.05, 4.69) is 11.1 Å². The van der Waals surface area contributed by atoms with E-state index in [1.165, 1.54) is 0 Å². The van der Waals surface area contributed by atoms with Crippen molar-refractivity contribution in [1.82, 2.24) is 4.98 Å². The second-order valence-corrected chi connectivity index (χ2v) is 5.79. The lowest BCUT2D eigenvalue weighted by molar-refractivity contribution is -0.138. The highest BCUT2D eigenvalue weighted by Gasteiger charge is 2.25. The van der Waals surface area contributed by atoms with Crippen molar-refractivity contribution < 1.29 is 9.90 Å². The maximum Gasteiger partial charge on any atom is 0.311 e. The van der Waals surface area contributed by atoms with Gasteiger partial charge in [-0.3, -0.25) is 4.79 Å². The van der Waals surface area contributed by atoms with Gasteiger partial charge in [0.15, 0.2) is 0 Å². The van der Waals surface area contributed by atoms with Crippen LogP contribution in [0.1, 0.15) is 28.3 Å². The molecule has 0 aliphatic rings. The summed E-state index contributed by atoms with van der Waals surface area (Å²) in [5.74, 6) is -1.33. The number of benzene rings is 2. The van der Waals surface area contributed by atoms with Gasteiger partial charge in [0.1, 0.15) is 0 Å². The molecule has 3 aromatic rings. The fourth-order valence-corrected chi connectivity index (χ4v) is 3.07. The molecule has 3 nitrogen and oxygen atoms in total. The van der Waals surface area contributed by atoms with Crippen LogP contribution in [-0.4, -0.2) is 16.1 Å². The summed E-state index contributed by atoms with van der Waals surface area (Å²) in [6, 6.07) is 15.9. The van der Waals surface area contributed by atoms with Crippen molar-refractivity contribution in [2.75, 3.05) is 0 Å². The second-order valence-electron chi connectivity index (χ2n) is 5.79. The van der Waals surface area contributed by atoms with E-state index in [-0.39, 0.29) is 0 Å². The van der Waals surface area contributed by atoms with Crippen LogP contribution >= 0.6 is 0 Å². The first-order valence-electron chi connectivity index (χ1n) is 7.42. The highest BCUT2D eigenvalue weighted by atomic mass is 16.4. The molecule has 2 aromatic carbocycles. The van der Waals surface area contributed by atoms with Gasteiger partial charge in [-0.2, -0.15) is 0 Å². The Kier molecular flexibility index (Phi) is 3.72. The summed E-state index contributed by atoms with van der Waals surface area (Å²) in [6.07, 6.45) is 0.498. The van der Waals surface area contributed by atoms with Crippen LogP contribution < -0.4 is 0 Å². The van der Waals surface area contributed by atoms with Gasteiger partial charge in [0.05, 0.1) is 5.92 Å². The van der Waals surface area contributed by atoms with Crippen LogP contribution in [-0.2, 0) is 11.2 Å². The van der Waals surface area contributed by atoms with Crippen LogP contribution in [0.5, 0.6) is 0 Å². The van der Waals surface area contributed by atoms with Crippen molar-refractivity contribution in [2.24, 2.45) is 0 Å². The van der Waals surface area contributed by atoms with Crippen molar-refractivity contribution in [3.8, 4) is 0 Å². The molecule has 0 aliphatic heterocycles.